The van der Waals surface area contributed by atoms with Gasteiger partial charge in [-0.15, -0.1) is 4.99 Å². The Kier molecular flexibility index (Phi) is 13.2. The van der Waals surface area contributed by atoms with Gasteiger partial charge in [-0.3, -0.25) is 15.1 Å². The molecule has 3 amide bonds. The highest BCUT2D eigenvalue weighted by Gasteiger charge is 2.28. The van der Waals surface area contributed by atoms with E-state index in [9.17, 15) is 33.5 Å². The standard InChI is InChI=1S/C35H39ClFN5O9/c1-34(2,3)50-32(47)40-31(41-33(48)51-35(4,5)6)39-24-13-10-21(11-14-24)30(46)49-25-15-12-22(26(36)19-25)18-28(43)42(38)27(29(44)45)17-20-8-7-9-23(37)16-20/h7-16,19,27H,17-18,38H2,1-6H3,(H,44,45)(H2,39,40,41,47,48)/t27-/m0/s1. The molecule has 0 radical (unpaired) electrons. The lowest BCUT2D eigenvalue weighted by molar-refractivity contribution is -0.150. The number of carboxylic acids is 1. The predicted octanol–water partition coefficient (Wildman–Crippen LogP) is 5.87. The second kappa shape index (κ2) is 16.9. The number of nitrogens with two attached hydrogens (primary N) is 1. The number of nitrogens with one attached hydrogen (secondary N) is 2. The molecule has 0 aromatic heterocycles. The maximum absolute atomic E-state index is 13.6. The second-order valence-electron chi connectivity index (χ2n) is 13.1. The molecule has 14 nitrogen and oxygen atoms in total. The first-order valence-corrected chi connectivity index (χ1v) is 15.8. The molecule has 16 heteroatoms. The second-order valence-corrected chi connectivity index (χ2v) is 13.5. The smallest absolute Gasteiger partial charge is 0.437 e. The molecule has 3 aromatic carbocycles. The summed E-state index contributed by atoms with van der Waals surface area (Å²) >= 11 is 6.36. The van der Waals surface area contributed by atoms with Gasteiger partial charge >= 0.3 is 24.1 Å². The molecule has 0 spiro atoms. The molecule has 5 N–H and O–H groups in total. The van der Waals surface area contributed by atoms with Gasteiger partial charge in [-0.2, -0.15) is 0 Å². The van der Waals surface area contributed by atoms with Gasteiger partial charge in [0.15, 0.2) is 0 Å². The zero-order valence-electron chi connectivity index (χ0n) is 28.8. The average molecular weight is 728 g/mol. The Bertz CT molecular complexity index is 1800. The summed E-state index contributed by atoms with van der Waals surface area (Å²) in [7, 11) is 0. The Morgan fingerprint density at radius 3 is 2.16 bits per heavy atom. The highest BCUT2D eigenvalue weighted by Crippen LogP contribution is 2.25. The van der Waals surface area contributed by atoms with Crippen LogP contribution in [0.2, 0.25) is 5.02 Å². The van der Waals surface area contributed by atoms with Crippen LogP contribution >= 0.6 is 11.6 Å². The van der Waals surface area contributed by atoms with E-state index in [1.807, 2.05) is 0 Å². The Labute approximate surface area is 298 Å². The van der Waals surface area contributed by atoms with Crippen molar-refractivity contribution in [1.29, 1.82) is 0 Å². The maximum Gasteiger partial charge on any atom is 0.437 e. The number of esters is 1. The minimum atomic E-state index is -1.47. The summed E-state index contributed by atoms with van der Waals surface area (Å²) in [5.41, 5.74) is -0.589. The van der Waals surface area contributed by atoms with E-state index in [1.54, 1.807) is 41.5 Å². The van der Waals surface area contributed by atoms with Crippen molar-refractivity contribution in [3.63, 3.8) is 0 Å². The summed E-state index contributed by atoms with van der Waals surface area (Å²) in [6, 6.07) is 13.7. The monoisotopic (exact) mass is 727 g/mol. The number of nitrogens with zero attached hydrogens (tertiary/aromatic N) is 2. The lowest BCUT2D eigenvalue weighted by Crippen LogP contribution is -2.51. The topological polar surface area (TPSA) is 199 Å². The highest BCUT2D eigenvalue weighted by molar-refractivity contribution is 6.31. The van der Waals surface area contributed by atoms with Gasteiger partial charge in [-0.25, -0.2) is 29.4 Å². The Hall–Kier alpha value is -5.54. The zero-order chi connectivity index (χ0) is 38.1. The number of aliphatic carboxylic acids is 1. The average Bonchev–Trinajstić information content (AvgIpc) is 2.99. The van der Waals surface area contributed by atoms with Crippen molar-refractivity contribution in [3.8, 4) is 5.75 Å². The number of carbonyl (C=O) groups is 5. The van der Waals surface area contributed by atoms with Crippen LogP contribution in [0.4, 0.5) is 19.7 Å². The summed E-state index contributed by atoms with van der Waals surface area (Å²) < 4.78 is 29.4. The Morgan fingerprint density at radius 1 is 0.941 bits per heavy atom. The lowest BCUT2D eigenvalue weighted by atomic mass is 10.0. The molecule has 1 atom stereocenters. The molecule has 272 valence electrons. The van der Waals surface area contributed by atoms with Gasteiger partial charge in [0.25, 0.3) is 0 Å². The summed E-state index contributed by atoms with van der Waals surface area (Å²) in [6.07, 6.45) is -2.44. The van der Waals surface area contributed by atoms with Crippen LogP contribution < -0.4 is 21.2 Å². The molecule has 3 aromatic rings. The van der Waals surface area contributed by atoms with E-state index < -0.39 is 53.1 Å². The summed E-state index contributed by atoms with van der Waals surface area (Å²) in [4.78, 5) is 66.1. The van der Waals surface area contributed by atoms with Crippen molar-refractivity contribution in [2.45, 2.75) is 71.6 Å². The van der Waals surface area contributed by atoms with E-state index in [0.29, 0.717) is 16.3 Å². The molecule has 0 aliphatic carbocycles. The molecule has 0 aliphatic heterocycles. The van der Waals surface area contributed by atoms with Crippen LogP contribution in [-0.2, 0) is 31.9 Å². The Balaban J connectivity index is 1.66. The number of hydrazine groups is 1. The number of hydrogen-bond acceptors (Lipinski definition) is 9. The zero-order valence-corrected chi connectivity index (χ0v) is 29.5. The van der Waals surface area contributed by atoms with Gasteiger partial charge in [0, 0.05) is 17.1 Å². The number of anilines is 1. The van der Waals surface area contributed by atoms with Crippen LogP contribution in [0.3, 0.4) is 0 Å². The van der Waals surface area contributed by atoms with Crippen molar-refractivity contribution in [1.82, 2.24) is 10.3 Å². The molecule has 0 aliphatic rings. The molecule has 0 bridgehead atoms. The van der Waals surface area contributed by atoms with E-state index in [4.69, 9.17) is 31.7 Å². The molecule has 51 heavy (non-hydrogen) atoms. The predicted molar refractivity (Wildman–Crippen MR) is 186 cm³/mol. The number of aliphatic imine (C=N–C) groups is 1. The van der Waals surface area contributed by atoms with Gasteiger partial charge in [-0.05, 0) is 101 Å². The van der Waals surface area contributed by atoms with Crippen molar-refractivity contribution in [2.75, 3.05) is 5.32 Å². The van der Waals surface area contributed by atoms with Crippen LogP contribution in [0.15, 0.2) is 71.7 Å². The SMILES string of the molecule is CC(C)(C)OC(=O)/N=C(\NC(=O)OC(C)(C)C)Nc1ccc(C(=O)Oc2ccc(CC(=O)N(N)[C@@H](Cc3cccc(F)c3)C(=O)O)c(Cl)c2)cc1. The van der Waals surface area contributed by atoms with Crippen LogP contribution in [0.1, 0.15) is 63.0 Å². The number of carboxylic acid groups (broad SMARTS) is 1. The first-order valence-electron chi connectivity index (χ1n) is 15.4. The van der Waals surface area contributed by atoms with E-state index >= 15 is 0 Å². The molecule has 0 heterocycles. The number of hydrogen-bond donors (Lipinski definition) is 4. The normalized spacial score (nSPS) is 12.3. The largest absolute Gasteiger partial charge is 0.480 e. The molecule has 0 saturated carbocycles. The number of benzene rings is 3. The van der Waals surface area contributed by atoms with Crippen LogP contribution in [0.5, 0.6) is 5.75 Å². The maximum atomic E-state index is 13.6. The third-order valence-electron chi connectivity index (χ3n) is 6.40. The van der Waals surface area contributed by atoms with Crippen LogP contribution in [0, 0.1) is 5.82 Å². The summed E-state index contributed by atoms with van der Waals surface area (Å²) in [6.45, 7) is 9.96. The third-order valence-corrected chi connectivity index (χ3v) is 6.75. The molecular formula is C35H39ClFN5O9. The lowest BCUT2D eigenvalue weighted by Gasteiger charge is -2.24. The number of rotatable bonds is 9. The Morgan fingerprint density at radius 2 is 1.59 bits per heavy atom. The van der Waals surface area contributed by atoms with E-state index in [0.717, 1.165) is 6.07 Å². The fourth-order valence-corrected chi connectivity index (χ4v) is 4.45. The summed E-state index contributed by atoms with van der Waals surface area (Å²) in [5.74, 6) is 2.18. The molecule has 0 unspecified atom stereocenters. The van der Waals surface area contributed by atoms with E-state index in [-0.39, 0.29) is 40.7 Å². The third kappa shape index (κ3) is 13.4. The molecule has 0 saturated heterocycles. The number of carbonyl (C=O) groups excluding carboxylic acids is 4. The quantitative estimate of drug-likeness (QED) is 0.0391. The first kappa shape index (κ1) is 39.9. The van der Waals surface area contributed by atoms with Gasteiger partial charge < -0.3 is 24.6 Å². The fourth-order valence-electron chi connectivity index (χ4n) is 4.21. The van der Waals surface area contributed by atoms with Crippen molar-refractivity contribution < 1.29 is 47.7 Å². The van der Waals surface area contributed by atoms with Crippen molar-refractivity contribution in [2.24, 2.45) is 10.8 Å². The van der Waals surface area contributed by atoms with Crippen LogP contribution in [-0.4, -0.2) is 63.4 Å². The molecule has 3 rings (SSSR count). The van der Waals surface area contributed by atoms with E-state index in [1.165, 1.54) is 60.7 Å². The number of alkyl carbamates (subject to hydrolysis) is 1. The van der Waals surface area contributed by atoms with Gasteiger partial charge in [0.2, 0.25) is 11.9 Å². The van der Waals surface area contributed by atoms with Crippen molar-refractivity contribution >= 4 is 53.3 Å². The molecular weight excluding hydrogens is 689 g/mol. The van der Waals surface area contributed by atoms with Crippen molar-refractivity contribution in [3.05, 3.63) is 94.3 Å². The van der Waals surface area contributed by atoms with Gasteiger partial charge in [-0.1, -0.05) is 29.8 Å². The number of guanidine groups is 1. The van der Waals surface area contributed by atoms with E-state index in [2.05, 4.69) is 15.6 Å². The van der Waals surface area contributed by atoms with Crippen LogP contribution in [0.25, 0.3) is 0 Å². The highest BCUT2D eigenvalue weighted by atomic mass is 35.5. The number of halogens is 2. The minimum absolute atomic E-state index is 0.0490. The van der Waals surface area contributed by atoms with Gasteiger partial charge in [0.1, 0.15) is 28.8 Å². The first-order chi connectivity index (χ1) is 23.7. The fraction of sp³-hybridized carbons (Fsp3) is 0.314. The minimum Gasteiger partial charge on any atom is -0.480 e. The summed E-state index contributed by atoms with van der Waals surface area (Å²) in [5, 5.41) is 15.4. The number of amides is 3. The van der Waals surface area contributed by atoms with Gasteiger partial charge in [0.05, 0.1) is 12.0 Å². The molecule has 0 fully saturated rings. The number of ether oxygens (including phenoxy) is 3.